The van der Waals surface area contributed by atoms with E-state index in [-0.39, 0.29) is 5.91 Å². The van der Waals surface area contributed by atoms with Crippen LogP contribution in [0.5, 0.6) is 0 Å². The molecule has 1 heterocycles. The quantitative estimate of drug-likeness (QED) is 0.888. The van der Waals surface area contributed by atoms with Gasteiger partial charge in [0.15, 0.2) is 0 Å². The fraction of sp³-hybridized carbons (Fsp3) is 0.350. The number of carbonyl (C=O) groups is 1. The van der Waals surface area contributed by atoms with Crippen molar-refractivity contribution in [2.24, 2.45) is 0 Å². The number of amides is 1. The van der Waals surface area contributed by atoms with E-state index in [9.17, 15) is 4.79 Å². The van der Waals surface area contributed by atoms with Crippen LogP contribution in [-0.2, 0) is 6.54 Å². The van der Waals surface area contributed by atoms with Crippen LogP contribution in [0.15, 0.2) is 54.6 Å². The van der Waals surface area contributed by atoms with Crippen molar-refractivity contribution in [3.63, 3.8) is 0 Å². The molecule has 1 fully saturated rings. The van der Waals surface area contributed by atoms with Crippen molar-refractivity contribution < 1.29 is 4.79 Å². The molecule has 0 aliphatic carbocycles. The monoisotopic (exact) mass is 323 g/mol. The van der Waals surface area contributed by atoms with E-state index in [4.69, 9.17) is 0 Å². The average molecular weight is 323 g/mol. The predicted octanol–water partition coefficient (Wildman–Crippen LogP) is 3.12. The first kappa shape index (κ1) is 16.7. The molecule has 2 aromatic carbocycles. The van der Waals surface area contributed by atoms with E-state index in [2.05, 4.69) is 21.6 Å². The average Bonchev–Trinajstić information content (AvgIpc) is 2.63. The summed E-state index contributed by atoms with van der Waals surface area (Å²) in [5.74, 6) is -0.0604. The van der Waals surface area contributed by atoms with Gasteiger partial charge in [-0.15, -0.1) is 0 Å². The van der Waals surface area contributed by atoms with Crippen LogP contribution < -0.4 is 10.6 Å². The third kappa shape index (κ3) is 4.43. The Balaban J connectivity index is 1.64. The highest BCUT2D eigenvalue weighted by atomic mass is 16.1. The van der Waals surface area contributed by atoms with Crippen molar-refractivity contribution in [3.8, 4) is 0 Å². The van der Waals surface area contributed by atoms with Crippen LogP contribution >= 0.6 is 0 Å². The van der Waals surface area contributed by atoms with Gasteiger partial charge in [-0.1, -0.05) is 30.3 Å². The Morgan fingerprint density at radius 1 is 1.17 bits per heavy atom. The number of likely N-dealkylation sites (N-methyl/N-ethyl adjacent to an activating group) is 1. The summed E-state index contributed by atoms with van der Waals surface area (Å²) in [4.78, 5) is 14.9. The van der Waals surface area contributed by atoms with E-state index in [1.54, 1.807) is 0 Å². The van der Waals surface area contributed by atoms with Gasteiger partial charge in [-0.3, -0.25) is 9.69 Å². The van der Waals surface area contributed by atoms with Crippen molar-refractivity contribution in [3.05, 3.63) is 65.7 Å². The van der Waals surface area contributed by atoms with Crippen molar-refractivity contribution in [2.45, 2.75) is 25.4 Å². The number of hydrogen-bond donors (Lipinski definition) is 2. The highest BCUT2D eigenvalue weighted by molar-refractivity contribution is 6.04. The molecule has 0 radical (unpaired) electrons. The van der Waals surface area contributed by atoms with Crippen molar-refractivity contribution >= 4 is 11.6 Å². The number of carbonyl (C=O) groups excluding carboxylic acids is 1. The molecule has 1 unspecified atom stereocenters. The Morgan fingerprint density at radius 2 is 2.00 bits per heavy atom. The Morgan fingerprint density at radius 3 is 2.79 bits per heavy atom. The van der Waals surface area contributed by atoms with Gasteiger partial charge in [0.25, 0.3) is 5.91 Å². The molecule has 4 nitrogen and oxygen atoms in total. The Bertz CT molecular complexity index is 672. The summed E-state index contributed by atoms with van der Waals surface area (Å²) in [6, 6.07) is 18.1. The lowest BCUT2D eigenvalue weighted by Gasteiger charge is -2.32. The molecule has 1 aliphatic rings. The number of nitrogens with zero attached hydrogens (tertiary/aromatic N) is 1. The van der Waals surface area contributed by atoms with Gasteiger partial charge >= 0.3 is 0 Å². The number of likely N-dealkylation sites (tertiary alicyclic amines) is 1. The lowest BCUT2D eigenvalue weighted by atomic mass is 10.0. The van der Waals surface area contributed by atoms with Gasteiger partial charge < -0.3 is 10.6 Å². The number of para-hydroxylation sites is 1. The van der Waals surface area contributed by atoms with Crippen LogP contribution in [-0.4, -0.2) is 37.0 Å². The fourth-order valence-corrected chi connectivity index (χ4v) is 3.23. The number of benzene rings is 2. The van der Waals surface area contributed by atoms with E-state index in [0.717, 1.165) is 25.3 Å². The number of piperidine rings is 1. The van der Waals surface area contributed by atoms with Gasteiger partial charge in [-0.2, -0.15) is 0 Å². The first-order valence-corrected chi connectivity index (χ1v) is 8.59. The smallest absolute Gasteiger partial charge is 0.255 e. The fourth-order valence-electron chi connectivity index (χ4n) is 3.23. The van der Waals surface area contributed by atoms with E-state index in [1.165, 1.54) is 18.4 Å². The third-order valence-electron chi connectivity index (χ3n) is 4.54. The largest absolute Gasteiger partial charge is 0.322 e. The van der Waals surface area contributed by atoms with Crippen LogP contribution in [0, 0.1) is 0 Å². The minimum atomic E-state index is -0.0604. The molecule has 126 valence electrons. The second-order valence-electron chi connectivity index (χ2n) is 6.38. The zero-order valence-electron chi connectivity index (χ0n) is 14.2. The maximum atomic E-state index is 12.4. The predicted molar refractivity (Wildman–Crippen MR) is 98.2 cm³/mol. The van der Waals surface area contributed by atoms with Gasteiger partial charge in [0.05, 0.1) is 0 Å². The van der Waals surface area contributed by atoms with Crippen LogP contribution in [0.3, 0.4) is 0 Å². The SMILES string of the molecule is CNC1CCCN(Cc2cccc(C(=O)Nc3ccccc3)c2)C1. The first-order chi connectivity index (χ1) is 11.7. The van der Waals surface area contributed by atoms with Gasteiger partial charge in [-0.05, 0) is 56.3 Å². The standard InChI is InChI=1S/C20H25N3O/c1-21-19-11-6-12-23(15-19)14-16-7-5-8-17(13-16)20(24)22-18-9-3-2-4-10-18/h2-5,7-10,13,19,21H,6,11-12,14-15H2,1H3,(H,22,24). The number of rotatable bonds is 5. The number of anilines is 1. The van der Waals surface area contributed by atoms with Crippen molar-refractivity contribution in [1.29, 1.82) is 0 Å². The molecule has 0 bridgehead atoms. The van der Waals surface area contributed by atoms with Crippen LogP contribution in [0.1, 0.15) is 28.8 Å². The molecule has 1 aliphatic heterocycles. The van der Waals surface area contributed by atoms with E-state index >= 15 is 0 Å². The summed E-state index contributed by atoms with van der Waals surface area (Å²) in [7, 11) is 2.03. The maximum absolute atomic E-state index is 12.4. The lowest BCUT2D eigenvalue weighted by Crippen LogP contribution is -2.43. The molecule has 1 amide bonds. The minimum Gasteiger partial charge on any atom is -0.322 e. The van der Waals surface area contributed by atoms with E-state index in [0.29, 0.717) is 11.6 Å². The molecular weight excluding hydrogens is 298 g/mol. The second kappa shape index (κ2) is 8.08. The Kier molecular flexibility index (Phi) is 5.62. The molecule has 24 heavy (non-hydrogen) atoms. The molecule has 4 heteroatoms. The Labute approximate surface area is 143 Å². The maximum Gasteiger partial charge on any atom is 0.255 e. The van der Waals surface area contributed by atoms with E-state index < -0.39 is 0 Å². The van der Waals surface area contributed by atoms with Gasteiger partial charge in [0.2, 0.25) is 0 Å². The number of nitrogens with one attached hydrogen (secondary N) is 2. The molecule has 1 saturated heterocycles. The first-order valence-electron chi connectivity index (χ1n) is 8.59. The van der Waals surface area contributed by atoms with Crippen LogP contribution in [0.25, 0.3) is 0 Å². The summed E-state index contributed by atoms with van der Waals surface area (Å²) in [6.07, 6.45) is 2.46. The van der Waals surface area contributed by atoms with Crippen LogP contribution in [0.2, 0.25) is 0 Å². The highest BCUT2D eigenvalue weighted by Gasteiger charge is 2.18. The van der Waals surface area contributed by atoms with Crippen LogP contribution in [0.4, 0.5) is 5.69 Å². The zero-order valence-corrected chi connectivity index (χ0v) is 14.2. The highest BCUT2D eigenvalue weighted by Crippen LogP contribution is 2.15. The summed E-state index contributed by atoms with van der Waals surface area (Å²) >= 11 is 0. The lowest BCUT2D eigenvalue weighted by molar-refractivity contribution is 0.102. The molecule has 0 saturated carbocycles. The summed E-state index contributed by atoms with van der Waals surface area (Å²) in [6.45, 7) is 3.08. The molecule has 0 spiro atoms. The molecule has 1 atom stereocenters. The third-order valence-corrected chi connectivity index (χ3v) is 4.54. The van der Waals surface area contributed by atoms with Crippen molar-refractivity contribution in [1.82, 2.24) is 10.2 Å². The number of hydrogen-bond acceptors (Lipinski definition) is 3. The molecule has 0 aromatic heterocycles. The normalized spacial score (nSPS) is 18.3. The molecule has 2 N–H and O–H groups in total. The minimum absolute atomic E-state index is 0.0604. The summed E-state index contributed by atoms with van der Waals surface area (Å²) in [5, 5.41) is 6.31. The summed E-state index contributed by atoms with van der Waals surface area (Å²) < 4.78 is 0. The Hall–Kier alpha value is -2.17. The topological polar surface area (TPSA) is 44.4 Å². The van der Waals surface area contributed by atoms with Gasteiger partial charge in [-0.25, -0.2) is 0 Å². The molecule has 3 rings (SSSR count). The molecule has 2 aromatic rings. The zero-order chi connectivity index (χ0) is 16.8. The summed E-state index contributed by atoms with van der Waals surface area (Å²) in [5.41, 5.74) is 2.71. The van der Waals surface area contributed by atoms with Crippen molar-refractivity contribution in [2.75, 3.05) is 25.5 Å². The molecular formula is C20H25N3O. The van der Waals surface area contributed by atoms with Gasteiger partial charge in [0.1, 0.15) is 0 Å². The second-order valence-corrected chi connectivity index (χ2v) is 6.38. The van der Waals surface area contributed by atoms with Gasteiger partial charge in [0, 0.05) is 30.4 Å². The van der Waals surface area contributed by atoms with E-state index in [1.807, 2.05) is 55.6 Å².